The van der Waals surface area contributed by atoms with Crippen molar-refractivity contribution in [2.45, 2.75) is 27.2 Å². The number of aliphatic hydroxyl groups is 1. The Morgan fingerprint density at radius 3 is 2.00 bits per heavy atom. The lowest BCUT2D eigenvalue weighted by atomic mass is 10.1. The molecule has 0 spiro atoms. The van der Waals surface area contributed by atoms with Crippen molar-refractivity contribution < 1.29 is 14.6 Å². The molecule has 0 saturated heterocycles. The van der Waals surface area contributed by atoms with E-state index < -0.39 is 0 Å². The first-order valence-electron chi connectivity index (χ1n) is 3.82. The van der Waals surface area contributed by atoms with Crippen LogP contribution < -0.4 is 0 Å². The van der Waals surface area contributed by atoms with Gasteiger partial charge in [0.05, 0.1) is 13.0 Å². The predicted octanol–water partition coefficient (Wildman–Crippen LogP) is 1.20. The van der Waals surface area contributed by atoms with E-state index in [-0.39, 0.29) is 18.5 Å². The van der Waals surface area contributed by atoms with E-state index >= 15 is 0 Å². The smallest absolute Gasteiger partial charge is 0.308 e. The van der Waals surface area contributed by atoms with Gasteiger partial charge in [-0.1, -0.05) is 13.8 Å². The van der Waals surface area contributed by atoms with Crippen molar-refractivity contribution in [3.05, 3.63) is 0 Å². The number of hydrogen-bond acceptors (Lipinski definition) is 3. The van der Waals surface area contributed by atoms with Crippen LogP contribution in [0.5, 0.6) is 0 Å². The molecule has 3 nitrogen and oxygen atoms in total. The Hall–Kier alpha value is -0.570. The van der Waals surface area contributed by atoms with Crippen LogP contribution in [0.2, 0.25) is 0 Å². The largest absolute Gasteiger partial charge is 0.469 e. The van der Waals surface area contributed by atoms with Crippen LogP contribution in [0.15, 0.2) is 0 Å². The van der Waals surface area contributed by atoms with Gasteiger partial charge in [0, 0.05) is 6.61 Å². The van der Waals surface area contributed by atoms with Crippen molar-refractivity contribution in [1.29, 1.82) is 0 Å². The third-order valence-electron chi connectivity index (χ3n) is 1.22. The zero-order chi connectivity index (χ0) is 9.28. The van der Waals surface area contributed by atoms with Gasteiger partial charge in [0.2, 0.25) is 0 Å². The Labute approximate surface area is 68.4 Å². The summed E-state index contributed by atoms with van der Waals surface area (Å²) in [5.74, 6) is -0.0625. The predicted molar refractivity (Wildman–Crippen MR) is 44.2 cm³/mol. The molecular formula is C8H18O3. The van der Waals surface area contributed by atoms with E-state index in [1.165, 1.54) is 7.11 Å². The molecule has 1 N–H and O–H groups in total. The summed E-state index contributed by atoms with van der Waals surface area (Å²) in [6, 6.07) is 0. The number of carbonyl (C=O) groups is 1. The van der Waals surface area contributed by atoms with Crippen LogP contribution in [0.1, 0.15) is 27.2 Å². The van der Waals surface area contributed by atoms with Gasteiger partial charge in [-0.2, -0.15) is 0 Å². The minimum absolute atomic E-state index is 0.0556. The molecule has 0 amide bonds. The van der Waals surface area contributed by atoms with E-state index in [1.807, 2.05) is 13.8 Å². The van der Waals surface area contributed by atoms with Gasteiger partial charge in [0.25, 0.3) is 0 Å². The lowest BCUT2D eigenvalue weighted by molar-refractivity contribution is -0.144. The third kappa shape index (κ3) is 9.43. The highest BCUT2D eigenvalue weighted by Crippen LogP contribution is 2.00. The molecule has 0 aliphatic heterocycles. The average molecular weight is 162 g/mol. The van der Waals surface area contributed by atoms with Crippen molar-refractivity contribution >= 4 is 5.97 Å². The minimum Gasteiger partial charge on any atom is -0.469 e. The average Bonchev–Trinajstić information content (AvgIpc) is 2.03. The first-order valence-corrected chi connectivity index (χ1v) is 3.82. The molecule has 11 heavy (non-hydrogen) atoms. The van der Waals surface area contributed by atoms with Gasteiger partial charge in [-0.15, -0.1) is 0 Å². The van der Waals surface area contributed by atoms with Gasteiger partial charge in [0.15, 0.2) is 0 Å². The Balaban J connectivity index is 0. The van der Waals surface area contributed by atoms with E-state index in [9.17, 15) is 4.79 Å². The van der Waals surface area contributed by atoms with Gasteiger partial charge in [-0.25, -0.2) is 0 Å². The SMILES string of the molecule is CCC(C)C(=O)OC.CCO. The van der Waals surface area contributed by atoms with E-state index in [0.717, 1.165) is 6.42 Å². The molecule has 0 fully saturated rings. The summed E-state index contributed by atoms with van der Waals surface area (Å²) in [5, 5.41) is 7.57. The topological polar surface area (TPSA) is 46.5 Å². The zero-order valence-electron chi connectivity index (χ0n) is 7.76. The van der Waals surface area contributed by atoms with Crippen LogP contribution in [-0.4, -0.2) is 24.8 Å². The number of ether oxygens (including phenoxy) is 1. The molecule has 0 radical (unpaired) electrons. The minimum atomic E-state index is -0.118. The fraction of sp³-hybridized carbons (Fsp3) is 0.875. The van der Waals surface area contributed by atoms with E-state index in [2.05, 4.69) is 4.74 Å². The van der Waals surface area contributed by atoms with Crippen LogP contribution in [0.4, 0.5) is 0 Å². The lowest BCUT2D eigenvalue weighted by Gasteiger charge is -2.02. The number of aliphatic hydroxyl groups excluding tert-OH is 1. The van der Waals surface area contributed by atoms with Gasteiger partial charge >= 0.3 is 5.97 Å². The monoisotopic (exact) mass is 162 g/mol. The fourth-order valence-electron chi connectivity index (χ4n) is 0.368. The number of hydrogen-bond donors (Lipinski definition) is 1. The second-order valence-electron chi connectivity index (χ2n) is 2.15. The first kappa shape index (κ1) is 13.1. The summed E-state index contributed by atoms with van der Waals surface area (Å²) in [7, 11) is 1.41. The second-order valence-corrected chi connectivity index (χ2v) is 2.15. The molecule has 3 heteroatoms. The summed E-state index contributed by atoms with van der Waals surface area (Å²) >= 11 is 0. The molecule has 0 aliphatic carbocycles. The van der Waals surface area contributed by atoms with Crippen LogP contribution in [0, 0.1) is 5.92 Å². The maximum atomic E-state index is 10.5. The quantitative estimate of drug-likeness (QED) is 0.621. The summed E-state index contributed by atoms with van der Waals surface area (Å²) in [4.78, 5) is 10.5. The van der Waals surface area contributed by atoms with Gasteiger partial charge in [-0.05, 0) is 13.3 Å². The Morgan fingerprint density at radius 1 is 1.55 bits per heavy atom. The molecule has 0 rings (SSSR count). The van der Waals surface area contributed by atoms with E-state index in [1.54, 1.807) is 6.92 Å². The molecule has 0 aromatic carbocycles. The highest BCUT2D eigenvalue weighted by molar-refractivity contribution is 5.71. The molecule has 0 bridgehead atoms. The first-order chi connectivity index (χ1) is 5.13. The van der Waals surface area contributed by atoms with E-state index in [0.29, 0.717) is 0 Å². The maximum Gasteiger partial charge on any atom is 0.308 e. The number of carbonyl (C=O) groups excluding carboxylic acids is 1. The normalized spacial score (nSPS) is 11.0. The van der Waals surface area contributed by atoms with E-state index in [4.69, 9.17) is 5.11 Å². The van der Waals surface area contributed by atoms with Crippen molar-refractivity contribution in [3.8, 4) is 0 Å². The molecule has 0 aromatic rings. The molecule has 0 heterocycles. The fourth-order valence-corrected chi connectivity index (χ4v) is 0.368. The van der Waals surface area contributed by atoms with Crippen LogP contribution in [0.25, 0.3) is 0 Å². The Morgan fingerprint density at radius 2 is 1.91 bits per heavy atom. The molecular weight excluding hydrogens is 144 g/mol. The summed E-state index contributed by atoms with van der Waals surface area (Å²) < 4.78 is 4.46. The molecule has 1 unspecified atom stereocenters. The third-order valence-corrected chi connectivity index (χ3v) is 1.22. The maximum absolute atomic E-state index is 10.5. The van der Waals surface area contributed by atoms with Gasteiger partial charge in [-0.3, -0.25) is 4.79 Å². The number of methoxy groups -OCH3 is 1. The van der Waals surface area contributed by atoms with Crippen molar-refractivity contribution in [2.24, 2.45) is 5.92 Å². The molecule has 0 aliphatic rings. The highest BCUT2D eigenvalue weighted by atomic mass is 16.5. The standard InChI is InChI=1S/C6H12O2.C2H6O/c1-4-5(2)6(7)8-3;1-2-3/h5H,4H2,1-3H3;3H,2H2,1H3. The Kier molecular flexibility index (Phi) is 11.2. The number of rotatable bonds is 2. The van der Waals surface area contributed by atoms with Gasteiger partial charge in [0.1, 0.15) is 0 Å². The van der Waals surface area contributed by atoms with Crippen molar-refractivity contribution in [2.75, 3.05) is 13.7 Å². The van der Waals surface area contributed by atoms with Crippen molar-refractivity contribution in [3.63, 3.8) is 0 Å². The lowest BCUT2D eigenvalue weighted by Crippen LogP contribution is -2.10. The summed E-state index contributed by atoms with van der Waals surface area (Å²) in [5.41, 5.74) is 0. The second kappa shape index (κ2) is 9.43. The van der Waals surface area contributed by atoms with Gasteiger partial charge < -0.3 is 9.84 Å². The molecule has 68 valence electrons. The van der Waals surface area contributed by atoms with Crippen LogP contribution >= 0.6 is 0 Å². The van der Waals surface area contributed by atoms with Crippen LogP contribution in [0.3, 0.4) is 0 Å². The molecule has 0 aromatic heterocycles. The summed E-state index contributed by atoms with van der Waals surface area (Å²) in [6.07, 6.45) is 0.854. The summed E-state index contributed by atoms with van der Waals surface area (Å²) in [6.45, 7) is 5.74. The molecule has 0 saturated carbocycles. The molecule has 1 atom stereocenters. The van der Waals surface area contributed by atoms with Crippen LogP contribution in [-0.2, 0) is 9.53 Å². The highest BCUT2D eigenvalue weighted by Gasteiger charge is 2.08. The zero-order valence-corrected chi connectivity index (χ0v) is 7.76. The number of esters is 1. The van der Waals surface area contributed by atoms with Crippen molar-refractivity contribution in [1.82, 2.24) is 0 Å². The Bertz CT molecular complexity index is 91.3.